The fraction of sp³-hybridized carbons (Fsp3) is 0.545. The Morgan fingerprint density at radius 2 is 1.94 bits per heavy atom. The largest absolute Gasteiger partial charge is 0.267 e. The van der Waals surface area contributed by atoms with Crippen molar-refractivity contribution in [2.75, 3.05) is 10.5 Å². The molecule has 0 aliphatic carbocycles. The van der Waals surface area contributed by atoms with Crippen LogP contribution in [0.15, 0.2) is 12.1 Å². The number of aromatic nitrogens is 1. The molecule has 1 heterocycles. The number of pyridine rings is 1. The lowest BCUT2D eigenvalue weighted by Gasteiger charge is -2.19. The molecule has 1 N–H and O–H groups in total. The Hall–Kier alpha value is -0.810. The van der Waals surface area contributed by atoms with Gasteiger partial charge in [0.15, 0.2) is 0 Å². The normalized spacial score (nSPS) is 12.5. The molecule has 6 heteroatoms. The summed E-state index contributed by atoms with van der Waals surface area (Å²) < 4.78 is 25.3. The first-order chi connectivity index (χ1) is 7.64. The highest BCUT2D eigenvalue weighted by molar-refractivity contribution is 7.92. The summed E-state index contributed by atoms with van der Waals surface area (Å²) in [6.07, 6.45) is 0. The molecule has 0 unspecified atom stereocenters. The van der Waals surface area contributed by atoms with Crippen molar-refractivity contribution >= 4 is 27.4 Å². The van der Waals surface area contributed by atoms with Crippen LogP contribution >= 0.6 is 11.6 Å². The van der Waals surface area contributed by atoms with E-state index in [1.807, 2.05) is 20.8 Å². The molecule has 0 bridgehead atoms. The molecular formula is C11H17ClN2O2S. The number of sulfonamides is 1. The minimum Gasteiger partial charge on any atom is -0.267 e. The van der Waals surface area contributed by atoms with Crippen LogP contribution in [0.25, 0.3) is 0 Å². The summed E-state index contributed by atoms with van der Waals surface area (Å²) in [5, 5.41) is 0.471. The summed E-state index contributed by atoms with van der Waals surface area (Å²) in [5.41, 5.74) is 0.566. The van der Waals surface area contributed by atoms with Gasteiger partial charge in [0, 0.05) is 22.2 Å². The molecule has 4 nitrogen and oxygen atoms in total. The molecule has 0 fully saturated rings. The molecule has 0 radical (unpaired) electrons. The van der Waals surface area contributed by atoms with Gasteiger partial charge in [-0.3, -0.25) is 4.72 Å². The third kappa shape index (κ3) is 4.16. The van der Waals surface area contributed by atoms with E-state index >= 15 is 0 Å². The molecule has 0 amide bonds. The highest BCUT2D eigenvalue weighted by Crippen LogP contribution is 2.25. The maximum Gasteiger partial charge on any atom is 0.233 e. The van der Waals surface area contributed by atoms with Crippen LogP contribution < -0.4 is 4.72 Å². The summed E-state index contributed by atoms with van der Waals surface area (Å²) in [6, 6.07) is 3.25. The van der Waals surface area contributed by atoms with Gasteiger partial charge in [-0.05, 0) is 13.0 Å². The lowest BCUT2D eigenvalue weighted by molar-refractivity contribution is 0.569. The molecule has 0 spiro atoms. The molecule has 0 aliphatic rings. The SMILES string of the molecule is CCS(=O)(=O)Nc1cc(Cl)cc(C(C)(C)C)n1. The number of hydrogen-bond donors (Lipinski definition) is 1. The Bertz CT molecular complexity index is 507. The van der Waals surface area contributed by atoms with Crippen LogP contribution in [0.5, 0.6) is 0 Å². The number of nitrogens with one attached hydrogen (secondary N) is 1. The third-order valence-corrected chi connectivity index (χ3v) is 3.70. The molecular weight excluding hydrogens is 260 g/mol. The predicted molar refractivity (Wildman–Crippen MR) is 71.0 cm³/mol. The zero-order chi connectivity index (χ0) is 13.3. The second kappa shape index (κ2) is 4.82. The van der Waals surface area contributed by atoms with E-state index in [4.69, 9.17) is 11.6 Å². The van der Waals surface area contributed by atoms with E-state index in [2.05, 4.69) is 9.71 Å². The van der Waals surface area contributed by atoms with Crippen LogP contribution in [0, 0.1) is 0 Å². The van der Waals surface area contributed by atoms with Gasteiger partial charge in [-0.25, -0.2) is 13.4 Å². The van der Waals surface area contributed by atoms with Crippen molar-refractivity contribution in [3.8, 4) is 0 Å². The number of anilines is 1. The topological polar surface area (TPSA) is 59.1 Å². The average molecular weight is 277 g/mol. The van der Waals surface area contributed by atoms with Crippen molar-refractivity contribution < 1.29 is 8.42 Å². The highest BCUT2D eigenvalue weighted by Gasteiger charge is 2.18. The fourth-order valence-corrected chi connectivity index (χ4v) is 1.94. The van der Waals surface area contributed by atoms with Crippen molar-refractivity contribution in [3.05, 3.63) is 22.8 Å². The van der Waals surface area contributed by atoms with Gasteiger partial charge < -0.3 is 0 Å². The lowest BCUT2D eigenvalue weighted by atomic mass is 9.92. The monoisotopic (exact) mass is 276 g/mol. The van der Waals surface area contributed by atoms with Gasteiger partial charge in [-0.1, -0.05) is 32.4 Å². The van der Waals surface area contributed by atoms with Gasteiger partial charge in [0.25, 0.3) is 0 Å². The summed E-state index contributed by atoms with van der Waals surface area (Å²) in [5.74, 6) is 0.274. The maximum atomic E-state index is 11.4. The Labute approximate surface area is 107 Å². The first kappa shape index (κ1) is 14.3. The number of hydrogen-bond acceptors (Lipinski definition) is 3. The van der Waals surface area contributed by atoms with Crippen LogP contribution in [0.2, 0.25) is 5.02 Å². The number of halogens is 1. The van der Waals surface area contributed by atoms with Gasteiger partial charge in [-0.2, -0.15) is 0 Å². The van der Waals surface area contributed by atoms with E-state index in [9.17, 15) is 8.42 Å². The van der Waals surface area contributed by atoms with Crippen LogP contribution in [-0.2, 0) is 15.4 Å². The van der Waals surface area contributed by atoms with Crippen molar-refractivity contribution in [2.45, 2.75) is 33.1 Å². The van der Waals surface area contributed by atoms with Gasteiger partial charge in [0.2, 0.25) is 10.0 Å². The smallest absolute Gasteiger partial charge is 0.233 e. The first-order valence-corrected chi connectivity index (χ1v) is 7.35. The Morgan fingerprint density at radius 1 is 1.35 bits per heavy atom. The average Bonchev–Trinajstić information content (AvgIpc) is 2.14. The van der Waals surface area contributed by atoms with E-state index in [1.165, 1.54) is 6.07 Å². The molecule has 0 saturated heterocycles. The molecule has 1 aromatic heterocycles. The summed E-state index contributed by atoms with van der Waals surface area (Å²) in [6.45, 7) is 7.54. The molecule has 0 aromatic carbocycles. The third-order valence-electron chi connectivity index (χ3n) is 2.20. The minimum atomic E-state index is -3.32. The summed E-state index contributed by atoms with van der Waals surface area (Å²) in [7, 11) is -3.32. The van der Waals surface area contributed by atoms with Crippen molar-refractivity contribution in [3.63, 3.8) is 0 Å². The van der Waals surface area contributed by atoms with Gasteiger partial charge in [0.05, 0.1) is 5.75 Å². The maximum absolute atomic E-state index is 11.4. The summed E-state index contributed by atoms with van der Waals surface area (Å²) in [4.78, 5) is 4.26. The molecule has 1 aromatic rings. The Balaban J connectivity index is 3.15. The lowest BCUT2D eigenvalue weighted by Crippen LogP contribution is -2.18. The van der Waals surface area contributed by atoms with E-state index in [0.29, 0.717) is 5.02 Å². The van der Waals surface area contributed by atoms with Crippen LogP contribution in [-0.4, -0.2) is 19.2 Å². The second-order valence-electron chi connectivity index (χ2n) is 4.81. The summed E-state index contributed by atoms with van der Waals surface area (Å²) >= 11 is 5.95. The van der Waals surface area contributed by atoms with E-state index in [1.54, 1.807) is 13.0 Å². The zero-order valence-corrected chi connectivity index (χ0v) is 12.0. The van der Waals surface area contributed by atoms with E-state index in [-0.39, 0.29) is 17.0 Å². The van der Waals surface area contributed by atoms with Gasteiger partial charge in [-0.15, -0.1) is 0 Å². The van der Waals surface area contributed by atoms with E-state index < -0.39 is 10.0 Å². The molecule has 96 valence electrons. The fourth-order valence-electron chi connectivity index (χ4n) is 1.17. The molecule has 1 rings (SSSR count). The van der Waals surface area contributed by atoms with E-state index in [0.717, 1.165) is 5.69 Å². The number of nitrogens with zero attached hydrogens (tertiary/aromatic N) is 1. The van der Waals surface area contributed by atoms with Gasteiger partial charge in [0.1, 0.15) is 5.82 Å². The second-order valence-corrected chi connectivity index (χ2v) is 7.26. The molecule has 0 saturated carbocycles. The van der Waals surface area contributed by atoms with Crippen LogP contribution in [0.4, 0.5) is 5.82 Å². The first-order valence-electron chi connectivity index (χ1n) is 5.32. The number of rotatable bonds is 3. The highest BCUT2D eigenvalue weighted by atomic mass is 35.5. The standard InChI is InChI=1S/C11H17ClN2O2S/c1-5-17(15,16)14-10-7-8(12)6-9(13-10)11(2,3)4/h6-7H,5H2,1-4H3,(H,13,14). The van der Waals surface area contributed by atoms with Gasteiger partial charge >= 0.3 is 0 Å². The van der Waals surface area contributed by atoms with Crippen molar-refractivity contribution in [1.29, 1.82) is 0 Å². The Morgan fingerprint density at radius 3 is 2.41 bits per heavy atom. The van der Waals surface area contributed by atoms with Crippen LogP contribution in [0.1, 0.15) is 33.4 Å². The Kier molecular flexibility index (Phi) is 4.04. The molecule has 0 atom stereocenters. The van der Waals surface area contributed by atoms with Crippen LogP contribution in [0.3, 0.4) is 0 Å². The molecule has 17 heavy (non-hydrogen) atoms. The minimum absolute atomic E-state index is 0.00600. The molecule has 0 aliphatic heterocycles. The van der Waals surface area contributed by atoms with Crippen molar-refractivity contribution in [2.24, 2.45) is 0 Å². The van der Waals surface area contributed by atoms with Crippen molar-refractivity contribution in [1.82, 2.24) is 4.98 Å². The predicted octanol–water partition coefficient (Wildman–Crippen LogP) is 2.79. The zero-order valence-electron chi connectivity index (χ0n) is 10.4. The quantitative estimate of drug-likeness (QED) is 0.923.